The van der Waals surface area contributed by atoms with E-state index in [-0.39, 0.29) is 6.04 Å². The molecule has 1 aromatic carbocycles. The van der Waals surface area contributed by atoms with Crippen LogP contribution in [0.5, 0.6) is 0 Å². The third kappa shape index (κ3) is 3.59. The quantitative estimate of drug-likeness (QED) is 0.628. The van der Waals surface area contributed by atoms with Crippen LogP contribution in [-0.2, 0) is 4.79 Å². The van der Waals surface area contributed by atoms with Gasteiger partial charge in [0.05, 0.1) is 6.04 Å². The van der Waals surface area contributed by atoms with Gasteiger partial charge in [-0.05, 0) is 36.3 Å². The number of hydrogen-bond acceptors (Lipinski definition) is 3. The molecule has 1 aromatic rings. The zero-order valence-corrected chi connectivity index (χ0v) is 11.7. The minimum Gasteiger partial charge on any atom is -0.301 e. The van der Waals surface area contributed by atoms with E-state index in [4.69, 9.17) is 0 Å². The van der Waals surface area contributed by atoms with Crippen molar-refractivity contribution in [3.63, 3.8) is 0 Å². The predicted molar refractivity (Wildman–Crippen MR) is 77.0 cm³/mol. The molecule has 1 aliphatic rings. The summed E-state index contributed by atoms with van der Waals surface area (Å²) in [6, 6.07) is 8.73. The lowest BCUT2D eigenvalue weighted by molar-refractivity contribution is -0.109. The molecule has 0 bridgehead atoms. The second-order valence-corrected chi connectivity index (χ2v) is 6.10. The predicted octanol–water partition coefficient (Wildman–Crippen LogP) is 3.57. The van der Waals surface area contributed by atoms with Gasteiger partial charge in [0.1, 0.15) is 6.29 Å². The molecule has 2 rings (SSSR count). The average molecular weight is 263 g/mol. The Labute approximate surface area is 114 Å². The first-order valence-corrected chi connectivity index (χ1v) is 7.76. The van der Waals surface area contributed by atoms with Crippen LogP contribution in [0.3, 0.4) is 0 Å². The molecule has 0 saturated heterocycles. The number of aldehydes is 1. The van der Waals surface area contributed by atoms with Crippen molar-refractivity contribution in [2.45, 2.75) is 49.6 Å². The molecule has 0 aliphatic heterocycles. The Balaban J connectivity index is 1.99. The number of carbonyl (C=O) groups excluding carboxylic acids is 1. The molecule has 3 heteroatoms. The molecular weight excluding hydrogens is 242 g/mol. The molecule has 0 heterocycles. The molecule has 0 spiro atoms. The van der Waals surface area contributed by atoms with E-state index >= 15 is 0 Å². The van der Waals surface area contributed by atoms with Gasteiger partial charge in [-0.2, -0.15) is 0 Å². The third-order valence-corrected chi connectivity index (χ3v) is 4.35. The number of benzene rings is 1. The number of thioether (sulfide) groups is 1. The van der Waals surface area contributed by atoms with Gasteiger partial charge in [-0.15, -0.1) is 11.8 Å². The Bertz CT molecular complexity index is 371. The molecule has 0 aromatic heterocycles. The molecule has 1 fully saturated rings. The molecule has 1 N–H and O–H groups in total. The van der Waals surface area contributed by atoms with Gasteiger partial charge in [-0.25, -0.2) is 0 Å². The minimum atomic E-state index is -0.145. The first kappa shape index (κ1) is 13.6. The maximum absolute atomic E-state index is 11.2. The SMILES string of the molecule is CCSc1ccc(C(C=O)NC2CCCC2)cc1. The van der Waals surface area contributed by atoms with Crippen molar-refractivity contribution in [1.29, 1.82) is 0 Å². The van der Waals surface area contributed by atoms with Gasteiger partial charge in [0.25, 0.3) is 0 Å². The van der Waals surface area contributed by atoms with E-state index < -0.39 is 0 Å². The van der Waals surface area contributed by atoms with E-state index in [0.29, 0.717) is 6.04 Å². The summed E-state index contributed by atoms with van der Waals surface area (Å²) in [5, 5.41) is 3.46. The first-order chi connectivity index (χ1) is 8.83. The summed E-state index contributed by atoms with van der Waals surface area (Å²) in [6.45, 7) is 2.15. The fourth-order valence-corrected chi connectivity index (χ4v) is 3.16. The highest BCUT2D eigenvalue weighted by molar-refractivity contribution is 7.99. The van der Waals surface area contributed by atoms with Gasteiger partial charge >= 0.3 is 0 Å². The van der Waals surface area contributed by atoms with Crippen LogP contribution in [0, 0.1) is 0 Å². The smallest absolute Gasteiger partial charge is 0.141 e. The van der Waals surface area contributed by atoms with Crippen molar-refractivity contribution in [3.05, 3.63) is 29.8 Å². The molecule has 0 amide bonds. The lowest BCUT2D eigenvalue weighted by Crippen LogP contribution is -2.31. The van der Waals surface area contributed by atoms with Crippen LogP contribution in [0.15, 0.2) is 29.2 Å². The number of carbonyl (C=O) groups is 1. The molecule has 0 radical (unpaired) electrons. The number of nitrogens with one attached hydrogen (secondary N) is 1. The van der Waals surface area contributed by atoms with E-state index in [0.717, 1.165) is 17.6 Å². The fourth-order valence-electron chi connectivity index (χ4n) is 2.50. The van der Waals surface area contributed by atoms with Crippen molar-refractivity contribution >= 4 is 18.0 Å². The minimum absolute atomic E-state index is 0.145. The van der Waals surface area contributed by atoms with Gasteiger partial charge in [-0.1, -0.05) is 31.9 Å². The molecule has 18 heavy (non-hydrogen) atoms. The van der Waals surface area contributed by atoms with E-state index in [1.807, 2.05) is 11.8 Å². The topological polar surface area (TPSA) is 29.1 Å². The zero-order chi connectivity index (χ0) is 12.8. The Morgan fingerprint density at radius 3 is 2.56 bits per heavy atom. The van der Waals surface area contributed by atoms with Crippen molar-refractivity contribution in [3.8, 4) is 0 Å². The maximum Gasteiger partial charge on any atom is 0.141 e. The second kappa shape index (κ2) is 6.95. The Hall–Kier alpha value is -0.800. The van der Waals surface area contributed by atoms with Gasteiger partial charge in [0.15, 0.2) is 0 Å². The number of rotatable bonds is 6. The van der Waals surface area contributed by atoms with Gasteiger partial charge in [0.2, 0.25) is 0 Å². The molecule has 1 saturated carbocycles. The average Bonchev–Trinajstić information content (AvgIpc) is 2.90. The molecule has 1 aliphatic carbocycles. The summed E-state index contributed by atoms with van der Waals surface area (Å²) >= 11 is 1.83. The summed E-state index contributed by atoms with van der Waals surface area (Å²) in [4.78, 5) is 12.5. The van der Waals surface area contributed by atoms with Crippen LogP contribution in [-0.4, -0.2) is 18.1 Å². The lowest BCUT2D eigenvalue weighted by atomic mass is 10.1. The fraction of sp³-hybridized carbons (Fsp3) is 0.533. The van der Waals surface area contributed by atoms with Crippen LogP contribution in [0.2, 0.25) is 0 Å². The van der Waals surface area contributed by atoms with Crippen LogP contribution in [0.25, 0.3) is 0 Å². The molecular formula is C15H21NOS. The summed E-state index contributed by atoms with van der Waals surface area (Å²) in [5.41, 5.74) is 1.08. The van der Waals surface area contributed by atoms with Crippen molar-refractivity contribution in [2.24, 2.45) is 0 Å². The Morgan fingerprint density at radius 2 is 2.00 bits per heavy atom. The van der Waals surface area contributed by atoms with Gasteiger partial charge in [0, 0.05) is 10.9 Å². The Morgan fingerprint density at radius 1 is 1.33 bits per heavy atom. The van der Waals surface area contributed by atoms with Crippen LogP contribution in [0.1, 0.15) is 44.2 Å². The second-order valence-electron chi connectivity index (χ2n) is 4.76. The normalized spacial score (nSPS) is 17.8. The highest BCUT2D eigenvalue weighted by Crippen LogP contribution is 2.23. The highest BCUT2D eigenvalue weighted by Gasteiger charge is 2.19. The summed E-state index contributed by atoms with van der Waals surface area (Å²) in [6.07, 6.45) is 6.01. The van der Waals surface area contributed by atoms with E-state index in [1.54, 1.807) is 0 Å². The van der Waals surface area contributed by atoms with Crippen molar-refractivity contribution in [1.82, 2.24) is 5.32 Å². The summed E-state index contributed by atoms with van der Waals surface area (Å²) < 4.78 is 0. The van der Waals surface area contributed by atoms with Crippen LogP contribution >= 0.6 is 11.8 Å². The largest absolute Gasteiger partial charge is 0.301 e. The van der Waals surface area contributed by atoms with Crippen molar-refractivity contribution in [2.75, 3.05) is 5.75 Å². The summed E-state index contributed by atoms with van der Waals surface area (Å²) in [5.74, 6) is 1.08. The van der Waals surface area contributed by atoms with E-state index in [9.17, 15) is 4.79 Å². The zero-order valence-electron chi connectivity index (χ0n) is 10.9. The monoisotopic (exact) mass is 263 g/mol. The molecule has 98 valence electrons. The molecule has 2 nitrogen and oxygen atoms in total. The van der Waals surface area contributed by atoms with Gasteiger partial charge < -0.3 is 10.1 Å². The van der Waals surface area contributed by atoms with Crippen LogP contribution in [0.4, 0.5) is 0 Å². The standard InChI is InChI=1S/C15H21NOS/c1-2-18-14-9-7-12(8-10-14)15(11-17)16-13-5-3-4-6-13/h7-11,13,15-16H,2-6H2,1H3. The molecule has 1 atom stereocenters. The maximum atomic E-state index is 11.2. The highest BCUT2D eigenvalue weighted by atomic mass is 32.2. The van der Waals surface area contributed by atoms with Gasteiger partial charge in [-0.3, -0.25) is 0 Å². The lowest BCUT2D eigenvalue weighted by Gasteiger charge is -2.18. The summed E-state index contributed by atoms with van der Waals surface area (Å²) in [7, 11) is 0. The Kier molecular flexibility index (Phi) is 5.26. The first-order valence-electron chi connectivity index (χ1n) is 6.77. The van der Waals surface area contributed by atoms with Crippen molar-refractivity contribution < 1.29 is 4.79 Å². The molecule has 1 unspecified atom stereocenters. The van der Waals surface area contributed by atoms with E-state index in [2.05, 4.69) is 36.5 Å². The number of hydrogen-bond donors (Lipinski definition) is 1. The van der Waals surface area contributed by atoms with E-state index in [1.165, 1.54) is 30.6 Å². The third-order valence-electron chi connectivity index (χ3n) is 3.46. The van der Waals surface area contributed by atoms with Crippen LogP contribution < -0.4 is 5.32 Å².